The van der Waals surface area contributed by atoms with E-state index < -0.39 is 0 Å². The van der Waals surface area contributed by atoms with Gasteiger partial charge in [0.15, 0.2) is 0 Å². The molecule has 0 aliphatic heterocycles. The predicted molar refractivity (Wildman–Crippen MR) is 56.4 cm³/mol. The molecule has 0 aliphatic carbocycles. The van der Waals surface area contributed by atoms with Gasteiger partial charge >= 0.3 is 0 Å². The lowest BCUT2D eigenvalue weighted by Crippen LogP contribution is -2.09. The zero-order chi connectivity index (χ0) is 9.68. The molecule has 0 bridgehead atoms. The Labute approximate surface area is 84.0 Å². The van der Waals surface area contributed by atoms with Gasteiger partial charge in [-0.3, -0.25) is 0 Å². The van der Waals surface area contributed by atoms with Gasteiger partial charge in [0.05, 0.1) is 6.10 Å². The summed E-state index contributed by atoms with van der Waals surface area (Å²) >= 11 is 5.74. The van der Waals surface area contributed by atoms with Crippen molar-refractivity contribution < 1.29 is 4.74 Å². The molecule has 70 valence electrons. The van der Waals surface area contributed by atoms with E-state index in [4.69, 9.17) is 16.3 Å². The number of halogens is 1. The minimum Gasteiger partial charge on any atom is -0.490 e. The molecule has 0 fully saturated rings. The van der Waals surface area contributed by atoms with Crippen LogP contribution in [0.2, 0.25) is 5.02 Å². The van der Waals surface area contributed by atoms with Crippen molar-refractivity contribution in [2.75, 3.05) is 0 Å². The smallest absolute Gasteiger partial charge is 0.119 e. The maximum Gasteiger partial charge on any atom is 0.119 e. The van der Waals surface area contributed by atoms with Gasteiger partial charge in [-0.15, -0.1) is 6.58 Å². The van der Waals surface area contributed by atoms with Gasteiger partial charge < -0.3 is 4.74 Å². The Morgan fingerprint density at radius 3 is 2.62 bits per heavy atom. The first-order chi connectivity index (χ1) is 6.22. The van der Waals surface area contributed by atoms with Crippen LogP contribution in [0.3, 0.4) is 0 Å². The molecular weight excluding hydrogens is 184 g/mol. The fraction of sp³-hybridized carbons (Fsp3) is 0.273. The van der Waals surface area contributed by atoms with Crippen LogP contribution in [0.4, 0.5) is 0 Å². The summed E-state index contributed by atoms with van der Waals surface area (Å²) in [5.74, 6) is 0.846. The van der Waals surface area contributed by atoms with Crippen molar-refractivity contribution in [3.8, 4) is 5.75 Å². The molecule has 0 saturated heterocycles. The third-order valence-electron chi connectivity index (χ3n) is 1.65. The van der Waals surface area contributed by atoms with Crippen molar-refractivity contribution >= 4 is 11.6 Å². The van der Waals surface area contributed by atoms with Gasteiger partial charge in [0.25, 0.3) is 0 Å². The molecule has 1 rings (SSSR count). The van der Waals surface area contributed by atoms with E-state index in [1.807, 2.05) is 37.3 Å². The van der Waals surface area contributed by atoms with Crippen LogP contribution in [-0.4, -0.2) is 6.10 Å². The highest BCUT2D eigenvalue weighted by molar-refractivity contribution is 6.30. The summed E-state index contributed by atoms with van der Waals surface area (Å²) in [5.41, 5.74) is 0. The monoisotopic (exact) mass is 196 g/mol. The lowest BCUT2D eigenvalue weighted by molar-refractivity contribution is 0.225. The lowest BCUT2D eigenvalue weighted by Gasteiger charge is -2.12. The summed E-state index contributed by atoms with van der Waals surface area (Å²) in [6.45, 7) is 5.67. The molecule has 0 radical (unpaired) electrons. The number of ether oxygens (including phenoxy) is 1. The van der Waals surface area contributed by atoms with E-state index in [1.54, 1.807) is 0 Å². The van der Waals surface area contributed by atoms with Crippen molar-refractivity contribution in [2.45, 2.75) is 19.4 Å². The molecule has 0 aromatic heterocycles. The molecule has 2 heteroatoms. The van der Waals surface area contributed by atoms with Crippen LogP contribution in [-0.2, 0) is 0 Å². The summed E-state index contributed by atoms with van der Waals surface area (Å²) < 4.78 is 5.58. The minimum atomic E-state index is 0.165. The van der Waals surface area contributed by atoms with E-state index in [0.29, 0.717) is 0 Å². The Morgan fingerprint density at radius 1 is 1.46 bits per heavy atom. The van der Waals surface area contributed by atoms with Gasteiger partial charge in [0.2, 0.25) is 0 Å². The van der Waals surface area contributed by atoms with Crippen LogP contribution >= 0.6 is 11.6 Å². The summed E-state index contributed by atoms with van der Waals surface area (Å²) in [5, 5.41) is 0.726. The SMILES string of the molecule is C=CCC(C)Oc1ccc(Cl)cc1. The Hall–Kier alpha value is -0.950. The molecule has 0 spiro atoms. The van der Waals surface area contributed by atoms with Gasteiger partial charge in [-0.2, -0.15) is 0 Å². The first-order valence-corrected chi connectivity index (χ1v) is 4.63. The molecule has 13 heavy (non-hydrogen) atoms. The maximum atomic E-state index is 5.74. The van der Waals surface area contributed by atoms with Crippen LogP contribution < -0.4 is 4.74 Å². The highest BCUT2D eigenvalue weighted by atomic mass is 35.5. The predicted octanol–water partition coefficient (Wildman–Crippen LogP) is 3.68. The lowest BCUT2D eigenvalue weighted by atomic mass is 10.3. The largest absolute Gasteiger partial charge is 0.490 e. The van der Waals surface area contributed by atoms with Crippen LogP contribution in [0, 0.1) is 0 Å². The Morgan fingerprint density at radius 2 is 2.08 bits per heavy atom. The Kier molecular flexibility index (Phi) is 3.84. The molecule has 0 N–H and O–H groups in total. The molecule has 0 amide bonds. The van der Waals surface area contributed by atoms with E-state index in [-0.39, 0.29) is 6.10 Å². The number of hydrogen-bond acceptors (Lipinski definition) is 1. The first kappa shape index (κ1) is 10.1. The fourth-order valence-electron chi connectivity index (χ4n) is 1.03. The highest BCUT2D eigenvalue weighted by Crippen LogP contribution is 2.17. The van der Waals surface area contributed by atoms with Crippen molar-refractivity contribution in [3.05, 3.63) is 41.9 Å². The van der Waals surface area contributed by atoms with Crippen LogP contribution in [0.15, 0.2) is 36.9 Å². The molecule has 1 unspecified atom stereocenters. The van der Waals surface area contributed by atoms with Gasteiger partial charge in [0, 0.05) is 11.4 Å². The first-order valence-electron chi connectivity index (χ1n) is 4.25. The number of hydrogen-bond donors (Lipinski definition) is 0. The molecule has 0 saturated carbocycles. The quantitative estimate of drug-likeness (QED) is 0.668. The van der Waals surface area contributed by atoms with Gasteiger partial charge in [-0.05, 0) is 31.2 Å². The van der Waals surface area contributed by atoms with Crippen molar-refractivity contribution in [1.82, 2.24) is 0 Å². The van der Waals surface area contributed by atoms with E-state index in [1.165, 1.54) is 0 Å². The third kappa shape index (κ3) is 3.51. The van der Waals surface area contributed by atoms with Crippen LogP contribution in [0.25, 0.3) is 0 Å². The number of rotatable bonds is 4. The van der Waals surface area contributed by atoms with Gasteiger partial charge in [-0.25, -0.2) is 0 Å². The summed E-state index contributed by atoms with van der Waals surface area (Å²) in [4.78, 5) is 0. The molecule has 1 atom stereocenters. The van der Waals surface area contributed by atoms with Crippen molar-refractivity contribution in [3.63, 3.8) is 0 Å². The normalized spacial score (nSPS) is 12.2. The molecule has 0 aliphatic rings. The third-order valence-corrected chi connectivity index (χ3v) is 1.90. The zero-order valence-electron chi connectivity index (χ0n) is 7.66. The van der Waals surface area contributed by atoms with Crippen molar-refractivity contribution in [2.24, 2.45) is 0 Å². The second kappa shape index (κ2) is 4.93. The van der Waals surface area contributed by atoms with Crippen molar-refractivity contribution in [1.29, 1.82) is 0 Å². The molecule has 0 heterocycles. The van der Waals surface area contributed by atoms with E-state index in [2.05, 4.69) is 6.58 Å². The topological polar surface area (TPSA) is 9.23 Å². The molecule has 1 nitrogen and oxygen atoms in total. The molecule has 1 aromatic rings. The summed E-state index contributed by atoms with van der Waals surface area (Å²) in [6.07, 6.45) is 2.86. The van der Waals surface area contributed by atoms with E-state index in [9.17, 15) is 0 Å². The van der Waals surface area contributed by atoms with E-state index in [0.717, 1.165) is 17.2 Å². The average molecular weight is 197 g/mol. The summed E-state index contributed by atoms with van der Waals surface area (Å²) in [6, 6.07) is 7.36. The maximum absolute atomic E-state index is 5.74. The van der Waals surface area contributed by atoms with Gasteiger partial charge in [-0.1, -0.05) is 17.7 Å². The highest BCUT2D eigenvalue weighted by Gasteiger charge is 2.00. The summed E-state index contributed by atoms with van der Waals surface area (Å²) in [7, 11) is 0. The van der Waals surface area contributed by atoms with Gasteiger partial charge in [0.1, 0.15) is 5.75 Å². The zero-order valence-corrected chi connectivity index (χ0v) is 8.42. The standard InChI is InChI=1S/C11H13ClO/c1-3-4-9(2)13-11-7-5-10(12)6-8-11/h3,5-9H,1,4H2,2H3. The average Bonchev–Trinajstić information content (AvgIpc) is 2.09. The fourth-order valence-corrected chi connectivity index (χ4v) is 1.15. The van der Waals surface area contributed by atoms with Crippen LogP contribution in [0.5, 0.6) is 5.75 Å². The molecular formula is C11H13ClO. The Balaban J connectivity index is 2.53. The minimum absolute atomic E-state index is 0.165. The second-order valence-corrected chi connectivity index (χ2v) is 3.34. The van der Waals surface area contributed by atoms with Crippen LogP contribution in [0.1, 0.15) is 13.3 Å². The van der Waals surface area contributed by atoms with E-state index >= 15 is 0 Å². The second-order valence-electron chi connectivity index (χ2n) is 2.91. The Bertz CT molecular complexity index is 266. The number of benzene rings is 1. The molecule has 1 aromatic carbocycles.